The van der Waals surface area contributed by atoms with E-state index in [1.54, 1.807) is 11.8 Å². The Labute approximate surface area is 194 Å². The standard InChI is InChI=1S/C14H29N5O3SSi.6CH4/c1-6-15-12-17-13(19-14(18-12)23-10-5)16-11-24(20-7-2,21-8-3)22-9-4;;;;;;/h6-11H2,1-5H3,(H2,15,16,17,18,19);6*1H4. The Kier molecular flexibility index (Phi) is 34.9. The lowest BCUT2D eigenvalue weighted by atomic mass is 10.7. The number of nitrogens with one attached hydrogen (secondary N) is 2. The highest BCUT2D eigenvalue weighted by Gasteiger charge is 2.40. The van der Waals surface area contributed by atoms with Crippen LogP contribution in [0.2, 0.25) is 0 Å². The molecule has 8 nitrogen and oxygen atoms in total. The molecule has 0 saturated heterocycles. The molecular formula is C20H53N5O3SSi. The lowest BCUT2D eigenvalue weighted by Crippen LogP contribution is -2.52. The summed E-state index contributed by atoms with van der Waals surface area (Å²) >= 11 is 1.57. The van der Waals surface area contributed by atoms with Gasteiger partial charge < -0.3 is 23.9 Å². The lowest BCUT2D eigenvalue weighted by Gasteiger charge is -2.28. The van der Waals surface area contributed by atoms with Crippen LogP contribution in [0.25, 0.3) is 0 Å². The predicted molar refractivity (Wildman–Crippen MR) is 140 cm³/mol. The summed E-state index contributed by atoms with van der Waals surface area (Å²) in [6.07, 6.45) is 0.411. The van der Waals surface area contributed by atoms with Gasteiger partial charge in [0.1, 0.15) is 0 Å². The molecule has 0 bridgehead atoms. The van der Waals surface area contributed by atoms with E-state index >= 15 is 0 Å². The summed E-state index contributed by atoms with van der Waals surface area (Å²) in [5, 5.41) is 7.01. The van der Waals surface area contributed by atoms with E-state index in [1.165, 1.54) is 0 Å². The van der Waals surface area contributed by atoms with Crippen molar-refractivity contribution in [1.82, 2.24) is 15.0 Å². The molecule has 0 amide bonds. The summed E-state index contributed by atoms with van der Waals surface area (Å²) in [5.41, 5.74) is 0. The van der Waals surface area contributed by atoms with Crippen molar-refractivity contribution in [3.8, 4) is 0 Å². The van der Waals surface area contributed by atoms with E-state index in [-0.39, 0.29) is 44.6 Å². The van der Waals surface area contributed by atoms with E-state index in [4.69, 9.17) is 13.3 Å². The van der Waals surface area contributed by atoms with Crippen LogP contribution in [0, 0.1) is 0 Å². The van der Waals surface area contributed by atoms with Gasteiger partial charge in [-0.3, -0.25) is 0 Å². The third kappa shape index (κ3) is 14.9. The van der Waals surface area contributed by atoms with Crippen LogP contribution >= 0.6 is 11.8 Å². The Morgan fingerprint density at radius 3 is 1.50 bits per heavy atom. The quantitative estimate of drug-likeness (QED) is 0.256. The van der Waals surface area contributed by atoms with E-state index in [9.17, 15) is 0 Å². The number of thioether (sulfide) groups is 1. The maximum Gasteiger partial charge on any atom is 0.521 e. The normalized spacial score (nSPS) is 9.23. The van der Waals surface area contributed by atoms with Crippen molar-refractivity contribution < 1.29 is 13.3 Å². The minimum absolute atomic E-state index is 0. The molecule has 0 saturated carbocycles. The van der Waals surface area contributed by atoms with Gasteiger partial charge in [0.05, 0.1) is 6.17 Å². The second kappa shape index (κ2) is 24.3. The van der Waals surface area contributed by atoms with Gasteiger partial charge in [0.2, 0.25) is 11.9 Å². The Bertz CT molecular complexity index is 446. The highest BCUT2D eigenvalue weighted by Crippen LogP contribution is 2.17. The first-order valence-corrected chi connectivity index (χ1v) is 11.3. The fraction of sp³-hybridized carbons (Fsp3) is 0.850. The van der Waals surface area contributed by atoms with E-state index in [0.717, 1.165) is 12.3 Å². The zero-order chi connectivity index (χ0) is 17.8. The van der Waals surface area contributed by atoms with Crippen LogP contribution in [0.5, 0.6) is 0 Å². The van der Waals surface area contributed by atoms with Crippen LogP contribution in [0.4, 0.5) is 11.9 Å². The summed E-state index contributed by atoms with van der Waals surface area (Å²) in [4.78, 5) is 13.2. The van der Waals surface area contributed by atoms with Gasteiger partial charge in [-0.15, -0.1) is 0 Å². The third-order valence-corrected chi connectivity index (χ3v) is 6.30. The molecule has 0 aliphatic rings. The largest absolute Gasteiger partial charge is 0.521 e. The molecule has 10 heteroatoms. The van der Waals surface area contributed by atoms with Gasteiger partial charge in [-0.05, 0) is 33.4 Å². The van der Waals surface area contributed by atoms with Crippen molar-refractivity contribution in [3.63, 3.8) is 0 Å². The number of hydrogen-bond acceptors (Lipinski definition) is 9. The molecule has 0 aliphatic heterocycles. The van der Waals surface area contributed by atoms with Crippen LogP contribution in [-0.4, -0.2) is 62.0 Å². The Hall–Kier alpha value is -0.943. The van der Waals surface area contributed by atoms with Crippen molar-refractivity contribution in [1.29, 1.82) is 0 Å². The predicted octanol–water partition coefficient (Wildman–Crippen LogP) is 6.23. The summed E-state index contributed by atoms with van der Waals surface area (Å²) < 4.78 is 17.5. The molecule has 0 aromatic carbocycles. The molecule has 1 heterocycles. The highest BCUT2D eigenvalue weighted by molar-refractivity contribution is 7.99. The molecule has 1 aromatic rings. The van der Waals surface area contributed by atoms with Gasteiger partial charge in [-0.25, -0.2) is 0 Å². The van der Waals surface area contributed by atoms with Gasteiger partial charge in [-0.1, -0.05) is 63.2 Å². The zero-order valence-electron chi connectivity index (χ0n) is 15.2. The van der Waals surface area contributed by atoms with Crippen molar-refractivity contribution in [2.24, 2.45) is 0 Å². The Morgan fingerprint density at radius 2 is 1.13 bits per heavy atom. The van der Waals surface area contributed by atoms with Crippen molar-refractivity contribution in [2.45, 2.75) is 84.3 Å². The van der Waals surface area contributed by atoms with E-state index in [0.29, 0.717) is 43.0 Å². The summed E-state index contributed by atoms with van der Waals surface area (Å²) in [5.74, 6) is 1.94. The maximum absolute atomic E-state index is 5.83. The van der Waals surface area contributed by atoms with Gasteiger partial charge in [0.25, 0.3) is 0 Å². The first-order valence-electron chi connectivity index (χ1n) is 8.41. The minimum Gasteiger partial charge on any atom is -0.373 e. The summed E-state index contributed by atoms with van der Waals surface area (Å²) in [7, 11) is -2.79. The topological polar surface area (TPSA) is 90.4 Å². The smallest absolute Gasteiger partial charge is 0.373 e. The summed E-state index contributed by atoms with van der Waals surface area (Å²) in [6, 6.07) is 0. The number of anilines is 2. The Balaban J connectivity index is -0.000000240. The van der Waals surface area contributed by atoms with Crippen LogP contribution in [0.15, 0.2) is 5.16 Å². The number of nitrogens with zero attached hydrogens (tertiary/aromatic N) is 3. The summed E-state index contributed by atoms with van der Waals surface area (Å²) in [6.45, 7) is 12.2. The van der Waals surface area contributed by atoms with E-state index in [1.807, 2.05) is 27.7 Å². The van der Waals surface area contributed by atoms with Crippen LogP contribution in [-0.2, 0) is 13.3 Å². The number of aromatic nitrogens is 3. The lowest BCUT2D eigenvalue weighted by molar-refractivity contribution is 0.0740. The van der Waals surface area contributed by atoms with E-state index in [2.05, 4.69) is 32.5 Å². The monoisotopic (exact) mass is 471 g/mol. The molecule has 0 atom stereocenters. The van der Waals surface area contributed by atoms with Crippen LogP contribution < -0.4 is 10.6 Å². The van der Waals surface area contributed by atoms with Crippen molar-refractivity contribution in [2.75, 3.05) is 48.9 Å². The molecule has 30 heavy (non-hydrogen) atoms. The van der Waals surface area contributed by atoms with Gasteiger partial charge in [0.15, 0.2) is 5.16 Å². The fourth-order valence-electron chi connectivity index (χ4n) is 1.99. The molecule has 0 aliphatic carbocycles. The first kappa shape index (κ1) is 43.0. The van der Waals surface area contributed by atoms with Crippen LogP contribution in [0.3, 0.4) is 0 Å². The van der Waals surface area contributed by atoms with Crippen molar-refractivity contribution >= 4 is 32.5 Å². The molecule has 1 rings (SSSR count). The molecular weight excluding hydrogens is 418 g/mol. The molecule has 1 aromatic heterocycles. The van der Waals surface area contributed by atoms with Gasteiger partial charge in [-0.2, -0.15) is 15.0 Å². The van der Waals surface area contributed by atoms with E-state index < -0.39 is 8.80 Å². The SMILES string of the molecule is C.C.C.C.C.C.CCNc1nc(NC[Si](OCC)(OCC)OCC)nc(SCC)n1. The maximum atomic E-state index is 5.83. The Morgan fingerprint density at radius 1 is 0.700 bits per heavy atom. The molecule has 186 valence electrons. The van der Waals surface area contributed by atoms with Gasteiger partial charge >= 0.3 is 8.80 Å². The molecule has 0 spiro atoms. The number of hydrogen-bond donors (Lipinski definition) is 2. The fourth-order valence-corrected chi connectivity index (χ4v) is 4.80. The average Bonchev–Trinajstić information content (AvgIpc) is 2.54. The second-order valence-corrected chi connectivity index (χ2v) is 8.38. The zero-order valence-corrected chi connectivity index (χ0v) is 17.0. The third-order valence-electron chi connectivity index (χ3n) is 2.78. The second-order valence-electron chi connectivity index (χ2n) is 4.56. The highest BCUT2D eigenvalue weighted by atomic mass is 32.2. The number of rotatable bonds is 13. The molecule has 0 radical (unpaired) electrons. The van der Waals surface area contributed by atoms with Crippen LogP contribution in [0.1, 0.15) is 79.2 Å². The average molecular weight is 472 g/mol. The molecule has 2 N–H and O–H groups in total. The molecule has 0 fully saturated rings. The molecule has 0 unspecified atom stereocenters. The first-order chi connectivity index (χ1) is 11.6. The van der Waals surface area contributed by atoms with Gasteiger partial charge in [0, 0.05) is 26.4 Å². The van der Waals surface area contributed by atoms with Crippen molar-refractivity contribution in [3.05, 3.63) is 0 Å². The minimum atomic E-state index is -2.79.